The van der Waals surface area contributed by atoms with E-state index in [1.54, 1.807) is 6.26 Å². The van der Waals surface area contributed by atoms with Crippen molar-refractivity contribution in [1.29, 1.82) is 0 Å². The van der Waals surface area contributed by atoms with Crippen LogP contribution >= 0.6 is 0 Å². The summed E-state index contributed by atoms with van der Waals surface area (Å²) < 4.78 is 8.09. The highest BCUT2D eigenvalue weighted by molar-refractivity contribution is 6.04. The van der Waals surface area contributed by atoms with E-state index in [0.717, 1.165) is 39.5 Å². The summed E-state index contributed by atoms with van der Waals surface area (Å²) in [4.78, 5) is 15.9. The second-order valence-corrected chi connectivity index (χ2v) is 9.73. The minimum atomic E-state index is -0.0483. The second kappa shape index (κ2) is 12.1. The molecule has 1 aliphatic carbocycles. The number of halogens is 1. The number of benzene rings is 4. The number of hydrogen-bond acceptors (Lipinski definition) is 3. The topological polar surface area (TPSA) is 36.5 Å². The van der Waals surface area contributed by atoms with Gasteiger partial charge in [0.2, 0.25) is 16.8 Å². The van der Waals surface area contributed by atoms with E-state index >= 15 is 0 Å². The lowest BCUT2D eigenvalue weighted by Crippen LogP contribution is -3.00. The fraction of sp³-hybridized carbons (Fsp3) is 0.0556. The van der Waals surface area contributed by atoms with Crippen molar-refractivity contribution in [3.63, 3.8) is 0 Å². The molecule has 1 heterocycles. The smallest absolute Gasteiger partial charge is 0.205 e. The van der Waals surface area contributed by atoms with Crippen LogP contribution in [0.2, 0.25) is 0 Å². The Morgan fingerprint density at radius 2 is 1.29 bits per heavy atom. The zero-order valence-corrected chi connectivity index (χ0v) is 23.6. The minimum absolute atomic E-state index is 0. The maximum Gasteiger partial charge on any atom is 0.205 e. The van der Waals surface area contributed by atoms with Crippen LogP contribution < -0.4 is 22.7 Å². The molecule has 0 aliphatic heterocycles. The monoisotopic (exact) mass is 556 g/mol. The molecule has 0 saturated heterocycles. The van der Waals surface area contributed by atoms with E-state index in [4.69, 9.17) is 4.42 Å². The molecule has 41 heavy (non-hydrogen) atoms. The molecule has 0 spiro atoms. The molecule has 0 saturated carbocycles. The number of nitrogens with zero attached hydrogens (tertiary/aromatic N) is 2. The van der Waals surface area contributed by atoms with Gasteiger partial charge in [-0.25, -0.2) is 0 Å². The summed E-state index contributed by atoms with van der Waals surface area (Å²) in [7, 11) is 4.10. The lowest BCUT2D eigenvalue weighted by Gasteiger charge is -2.20. The van der Waals surface area contributed by atoms with Gasteiger partial charge in [-0.1, -0.05) is 60.7 Å². The van der Waals surface area contributed by atoms with Crippen molar-refractivity contribution in [2.45, 2.75) is 0 Å². The van der Waals surface area contributed by atoms with Crippen molar-refractivity contribution in [2.75, 3.05) is 19.0 Å². The molecule has 1 aromatic heterocycles. The van der Waals surface area contributed by atoms with E-state index in [2.05, 4.69) is 96.4 Å². The number of allylic oxidation sites excluding steroid dienone is 5. The highest BCUT2D eigenvalue weighted by Crippen LogP contribution is 2.32. The molecular weight excluding hydrogens is 528 g/mol. The fourth-order valence-electron chi connectivity index (χ4n) is 5.03. The Hall–Kier alpha value is -4.93. The van der Waals surface area contributed by atoms with Crippen molar-refractivity contribution < 1.29 is 21.4 Å². The summed E-state index contributed by atoms with van der Waals surface area (Å²) in [5.41, 5.74) is 8.10. The van der Waals surface area contributed by atoms with Crippen LogP contribution in [0.5, 0.6) is 0 Å². The highest BCUT2D eigenvalue weighted by Gasteiger charge is 2.19. The average Bonchev–Trinajstić information content (AvgIpc) is 3.03. The van der Waals surface area contributed by atoms with Gasteiger partial charge in [0.15, 0.2) is 0 Å². The number of fused-ring (bicyclic) bond motifs is 1. The lowest BCUT2D eigenvalue weighted by atomic mass is 9.91. The predicted octanol–water partition coefficient (Wildman–Crippen LogP) is 4.91. The normalized spacial score (nSPS) is 12.2. The van der Waals surface area contributed by atoms with Gasteiger partial charge in [0.25, 0.3) is 0 Å². The highest BCUT2D eigenvalue weighted by atomic mass is 35.5. The standard InChI is InChI=1S/C36H29N2O2.ClH/c1-37(28-11-5-3-6-12-28)30-21-17-26(18-22-30)35(33-25-40-34-16-10-9-15-32(34)36(33)39)27-19-23-31(24-20-27)38(2)29-13-7-4-8-14-29;/h3-25H,1-2H3;1H/q+1;/p-1. The first-order chi connectivity index (χ1) is 19.6. The number of para-hydroxylation sites is 3. The van der Waals surface area contributed by atoms with Crippen LogP contribution in [0.25, 0.3) is 16.5 Å². The third kappa shape index (κ3) is 5.56. The third-order valence-corrected chi connectivity index (χ3v) is 7.32. The maximum atomic E-state index is 13.7. The first-order valence-corrected chi connectivity index (χ1v) is 13.3. The van der Waals surface area contributed by atoms with Gasteiger partial charge in [-0.05, 0) is 59.7 Å². The molecule has 4 aromatic carbocycles. The molecule has 0 amide bonds. The SMILES string of the molecule is CN(c1ccccc1)c1ccc(C(=C2C=CC(=[N+](C)c3ccccc3)C=C2)c2coc3ccccc3c2=O)cc1.[Cl-]. The van der Waals surface area contributed by atoms with Gasteiger partial charge in [-0.15, -0.1) is 0 Å². The third-order valence-electron chi connectivity index (χ3n) is 7.32. The van der Waals surface area contributed by atoms with Crippen LogP contribution in [-0.4, -0.2) is 24.4 Å². The molecule has 6 rings (SSSR count). The summed E-state index contributed by atoms with van der Waals surface area (Å²) in [6.45, 7) is 0. The molecule has 0 radical (unpaired) electrons. The molecule has 4 nitrogen and oxygen atoms in total. The van der Waals surface area contributed by atoms with Gasteiger partial charge in [-0.3, -0.25) is 4.79 Å². The average molecular weight is 557 g/mol. The summed E-state index contributed by atoms with van der Waals surface area (Å²) in [5.74, 6) is 0. The van der Waals surface area contributed by atoms with Gasteiger partial charge in [0.1, 0.15) is 18.9 Å². The molecule has 0 fully saturated rings. The van der Waals surface area contributed by atoms with Crippen LogP contribution in [0.3, 0.4) is 0 Å². The van der Waals surface area contributed by atoms with Gasteiger partial charge >= 0.3 is 0 Å². The Bertz CT molecular complexity index is 1850. The molecular formula is C36H29ClN2O2. The molecule has 0 bridgehead atoms. The minimum Gasteiger partial charge on any atom is -1.00 e. The van der Waals surface area contributed by atoms with E-state index in [9.17, 15) is 4.79 Å². The molecule has 0 N–H and O–H groups in total. The van der Waals surface area contributed by atoms with E-state index in [1.165, 1.54) is 0 Å². The lowest BCUT2D eigenvalue weighted by molar-refractivity contribution is -0.403. The van der Waals surface area contributed by atoms with Gasteiger partial charge in [0.05, 0.1) is 10.9 Å². The van der Waals surface area contributed by atoms with E-state index in [-0.39, 0.29) is 17.8 Å². The first-order valence-electron chi connectivity index (χ1n) is 13.3. The van der Waals surface area contributed by atoms with E-state index in [1.807, 2.05) is 60.7 Å². The largest absolute Gasteiger partial charge is 1.00 e. The molecule has 5 heteroatoms. The summed E-state index contributed by atoms with van der Waals surface area (Å²) >= 11 is 0. The van der Waals surface area contributed by atoms with Gasteiger partial charge in [0, 0.05) is 48.3 Å². The zero-order chi connectivity index (χ0) is 27.5. The molecule has 0 unspecified atom stereocenters. The quantitative estimate of drug-likeness (QED) is 0.289. The Morgan fingerprint density at radius 1 is 0.707 bits per heavy atom. The van der Waals surface area contributed by atoms with Crippen molar-refractivity contribution in [1.82, 2.24) is 0 Å². The van der Waals surface area contributed by atoms with Crippen LogP contribution in [0.1, 0.15) is 11.1 Å². The first kappa shape index (κ1) is 27.6. The number of rotatable bonds is 5. The molecule has 202 valence electrons. The van der Waals surface area contributed by atoms with Crippen LogP contribution in [0.15, 0.2) is 155 Å². The summed E-state index contributed by atoms with van der Waals surface area (Å²) in [5, 5.41) is 0.568. The Kier molecular flexibility index (Phi) is 8.14. The summed E-state index contributed by atoms with van der Waals surface area (Å²) in [6.07, 6.45) is 9.91. The van der Waals surface area contributed by atoms with Crippen molar-refractivity contribution in [3.05, 3.63) is 167 Å². The van der Waals surface area contributed by atoms with Gasteiger partial charge < -0.3 is 21.7 Å². The van der Waals surface area contributed by atoms with E-state index < -0.39 is 0 Å². The Morgan fingerprint density at radius 3 is 1.98 bits per heavy atom. The van der Waals surface area contributed by atoms with Crippen LogP contribution in [0.4, 0.5) is 17.1 Å². The predicted molar refractivity (Wildman–Crippen MR) is 165 cm³/mol. The van der Waals surface area contributed by atoms with Crippen molar-refractivity contribution >= 4 is 39.3 Å². The summed E-state index contributed by atoms with van der Waals surface area (Å²) in [6, 6.07) is 36.2. The molecule has 0 atom stereocenters. The van der Waals surface area contributed by atoms with Gasteiger partial charge in [-0.2, -0.15) is 4.58 Å². The Labute approximate surface area is 245 Å². The molecule has 1 aliphatic rings. The zero-order valence-electron chi connectivity index (χ0n) is 22.9. The number of anilines is 2. The maximum absolute atomic E-state index is 13.7. The fourth-order valence-corrected chi connectivity index (χ4v) is 5.03. The van der Waals surface area contributed by atoms with Crippen molar-refractivity contribution in [3.8, 4) is 0 Å². The van der Waals surface area contributed by atoms with E-state index in [0.29, 0.717) is 16.5 Å². The molecule has 5 aromatic rings. The Balaban J connectivity index is 0.00000337. The second-order valence-electron chi connectivity index (χ2n) is 9.73. The number of hydrogen-bond donors (Lipinski definition) is 0. The van der Waals surface area contributed by atoms with Crippen molar-refractivity contribution in [2.24, 2.45) is 0 Å². The van der Waals surface area contributed by atoms with Crippen LogP contribution in [0, 0.1) is 0 Å². The van der Waals surface area contributed by atoms with Crippen LogP contribution in [-0.2, 0) is 0 Å².